The largest absolute Gasteiger partial charge is 0.319 e. The number of hydrogen-bond donors (Lipinski definition) is 2. The van der Waals surface area contributed by atoms with E-state index in [0.717, 1.165) is 5.56 Å². The van der Waals surface area contributed by atoms with Gasteiger partial charge in [-0.15, -0.1) is 10.2 Å². The van der Waals surface area contributed by atoms with Crippen molar-refractivity contribution in [3.05, 3.63) is 35.7 Å². The van der Waals surface area contributed by atoms with E-state index in [9.17, 15) is 4.79 Å². The molecule has 0 saturated carbocycles. The molecule has 0 fully saturated rings. The summed E-state index contributed by atoms with van der Waals surface area (Å²) in [5.74, 6) is -0.460. The van der Waals surface area contributed by atoms with Crippen LogP contribution in [0.5, 0.6) is 0 Å². The Hall–Kier alpha value is -2.75. The lowest BCUT2D eigenvalue weighted by Crippen LogP contribution is -2.13. The van der Waals surface area contributed by atoms with Gasteiger partial charge >= 0.3 is 0 Å². The van der Waals surface area contributed by atoms with Gasteiger partial charge < -0.3 is 5.32 Å². The average molecular weight is 228 g/mol. The van der Waals surface area contributed by atoms with Gasteiger partial charge in [-0.05, 0) is 22.9 Å². The summed E-state index contributed by atoms with van der Waals surface area (Å²) >= 11 is 0. The number of carbonyl (C=O) groups excluding carboxylic acids is 1. The first-order valence-corrected chi connectivity index (χ1v) is 4.80. The molecule has 0 bridgehead atoms. The van der Waals surface area contributed by atoms with Gasteiger partial charge in [0.2, 0.25) is 0 Å². The predicted octanol–water partition coefficient (Wildman–Crippen LogP) is 0.518. The van der Waals surface area contributed by atoms with Gasteiger partial charge in [0, 0.05) is 5.69 Å². The minimum absolute atomic E-state index is 0.0221. The third kappa shape index (κ3) is 2.63. The van der Waals surface area contributed by atoms with Crippen molar-refractivity contribution in [1.82, 2.24) is 20.6 Å². The van der Waals surface area contributed by atoms with Crippen molar-refractivity contribution >= 4 is 11.6 Å². The lowest BCUT2D eigenvalue weighted by atomic mass is 10.1. The summed E-state index contributed by atoms with van der Waals surface area (Å²) in [7, 11) is 0. The van der Waals surface area contributed by atoms with E-state index >= 15 is 0 Å². The SMILES string of the molecule is N#CCc1ccc(NC(=O)c2nn[nH]n2)cc1. The van der Waals surface area contributed by atoms with E-state index in [1.807, 2.05) is 6.07 Å². The van der Waals surface area contributed by atoms with Gasteiger partial charge in [-0.2, -0.15) is 10.5 Å². The second kappa shape index (κ2) is 4.85. The number of aromatic amines is 1. The van der Waals surface area contributed by atoms with E-state index < -0.39 is 5.91 Å². The standard InChI is InChI=1S/C10H8N6O/c11-6-5-7-1-3-8(4-2-7)12-10(17)9-13-15-16-14-9/h1-4H,5H2,(H,12,17)(H,13,14,15,16). The molecule has 1 aromatic carbocycles. The molecule has 0 aliphatic rings. The number of nitrogens with zero attached hydrogens (tertiary/aromatic N) is 4. The highest BCUT2D eigenvalue weighted by molar-refractivity contribution is 6.01. The third-order valence-electron chi connectivity index (χ3n) is 2.04. The zero-order valence-corrected chi connectivity index (χ0v) is 8.71. The number of nitrogens with one attached hydrogen (secondary N) is 2. The normalized spacial score (nSPS) is 9.59. The van der Waals surface area contributed by atoms with Crippen LogP contribution in [0.15, 0.2) is 24.3 Å². The Morgan fingerprint density at radius 3 is 2.76 bits per heavy atom. The van der Waals surface area contributed by atoms with Crippen LogP contribution in [0.3, 0.4) is 0 Å². The fourth-order valence-corrected chi connectivity index (χ4v) is 1.24. The van der Waals surface area contributed by atoms with Gasteiger partial charge in [-0.1, -0.05) is 12.1 Å². The summed E-state index contributed by atoms with van der Waals surface area (Å²) in [6.07, 6.45) is 0.346. The molecule has 7 nitrogen and oxygen atoms in total. The van der Waals surface area contributed by atoms with Crippen LogP contribution in [0.2, 0.25) is 0 Å². The molecule has 0 aliphatic heterocycles. The van der Waals surface area contributed by atoms with E-state index in [4.69, 9.17) is 5.26 Å². The molecular formula is C10H8N6O. The van der Waals surface area contributed by atoms with Gasteiger partial charge in [-0.25, -0.2) is 0 Å². The highest BCUT2D eigenvalue weighted by atomic mass is 16.2. The van der Waals surface area contributed by atoms with Crippen LogP contribution in [0.4, 0.5) is 5.69 Å². The highest BCUT2D eigenvalue weighted by Crippen LogP contribution is 2.10. The summed E-state index contributed by atoms with van der Waals surface area (Å²) in [6, 6.07) is 9.02. The number of hydrogen-bond acceptors (Lipinski definition) is 5. The molecule has 2 rings (SSSR count). The van der Waals surface area contributed by atoms with Crippen LogP contribution >= 0.6 is 0 Å². The van der Waals surface area contributed by atoms with Gasteiger partial charge in [0.1, 0.15) is 0 Å². The number of tetrazole rings is 1. The first-order chi connectivity index (χ1) is 8.29. The molecule has 84 valence electrons. The average Bonchev–Trinajstić information content (AvgIpc) is 2.86. The van der Waals surface area contributed by atoms with Crippen LogP contribution < -0.4 is 5.32 Å². The Morgan fingerprint density at radius 2 is 2.18 bits per heavy atom. The number of anilines is 1. The third-order valence-corrected chi connectivity index (χ3v) is 2.04. The maximum absolute atomic E-state index is 11.5. The van der Waals surface area contributed by atoms with Crippen molar-refractivity contribution in [2.45, 2.75) is 6.42 Å². The Balaban J connectivity index is 2.05. The van der Waals surface area contributed by atoms with Gasteiger partial charge in [0.25, 0.3) is 11.7 Å². The molecule has 0 saturated heterocycles. The van der Waals surface area contributed by atoms with E-state index in [2.05, 4.69) is 25.9 Å². The summed E-state index contributed by atoms with van der Waals surface area (Å²) in [5.41, 5.74) is 1.51. The highest BCUT2D eigenvalue weighted by Gasteiger charge is 2.10. The quantitative estimate of drug-likeness (QED) is 0.796. The lowest BCUT2D eigenvalue weighted by Gasteiger charge is -2.02. The van der Waals surface area contributed by atoms with Gasteiger partial charge in [-0.3, -0.25) is 4.79 Å². The predicted molar refractivity (Wildman–Crippen MR) is 57.9 cm³/mol. The molecule has 0 spiro atoms. The minimum Gasteiger partial charge on any atom is -0.319 e. The number of H-pyrrole nitrogens is 1. The zero-order chi connectivity index (χ0) is 12.1. The fourth-order valence-electron chi connectivity index (χ4n) is 1.24. The summed E-state index contributed by atoms with van der Waals surface area (Å²) < 4.78 is 0. The Kier molecular flexibility index (Phi) is 3.07. The molecule has 1 amide bonds. The van der Waals surface area contributed by atoms with Crippen LogP contribution in [-0.2, 0) is 6.42 Å². The monoisotopic (exact) mass is 228 g/mol. The molecule has 0 radical (unpaired) electrons. The van der Waals surface area contributed by atoms with Crippen LogP contribution in [0.25, 0.3) is 0 Å². The van der Waals surface area contributed by atoms with E-state index in [1.165, 1.54) is 0 Å². The van der Waals surface area contributed by atoms with E-state index in [1.54, 1.807) is 24.3 Å². The second-order valence-corrected chi connectivity index (χ2v) is 3.22. The minimum atomic E-state index is -0.438. The smallest absolute Gasteiger partial charge is 0.297 e. The topological polar surface area (TPSA) is 107 Å². The van der Waals surface area contributed by atoms with Gasteiger partial charge in [0.15, 0.2) is 0 Å². The maximum atomic E-state index is 11.5. The van der Waals surface area contributed by atoms with Crippen LogP contribution in [0, 0.1) is 11.3 Å². The molecule has 17 heavy (non-hydrogen) atoms. The first-order valence-electron chi connectivity index (χ1n) is 4.80. The molecule has 0 aliphatic carbocycles. The van der Waals surface area contributed by atoms with E-state index in [-0.39, 0.29) is 5.82 Å². The molecular weight excluding hydrogens is 220 g/mol. The number of amides is 1. The number of nitriles is 1. The van der Waals surface area contributed by atoms with Crippen molar-refractivity contribution in [3.8, 4) is 6.07 Å². The zero-order valence-electron chi connectivity index (χ0n) is 8.71. The van der Waals surface area contributed by atoms with Crippen molar-refractivity contribution in [1.29, 1.82) is 5.26 Å². The maximum Gasteiger partial charge on any atom is 0.297 e. The Labute approximate surface area is 96.5 Å². The number of rotatable bonds is 3. The molecule has 2 aromatic rings. The first kappa shape index (κ1) is 10.8. The van der Waals surface area contributed by atoms with Crippen molar-refractivity contribution in [3.63, 3.8) is 0 Å². The fraction of sp³-hybridized carbons (Fsp3) is 0.100. The number of aromatic nitrogens is 4. The molecule has 2 N–H and O–H groups in total. The molecule has 7 heteroatoms. The Morgan fingerprint density at radius 1 is 1.41 bits per heavy atom. The molecule has 0 atom stereocenters. The summed E-state index contributed by atoms with van der Waals surface area (Å²) in [5, 5.41) is 23.7. The molecule has 1 aromatic heterocycles. The summed E-state index contributed by atoms with van der Waals surface area (Å²) in [6.45, 7) is 0. The van der Waals surface area contributed by atoms with Crippen LogP contribution in [-0.4, -0.2) is 26.5 Å². The van der Waals surface area contributed by atoms with Crippen molar-refractivity contribution in [2.24, 2.45) is 0 Å². The molecule has 0 unspecified atom stereocenters. The van der Waals surface area contributed by atoms with Gasteiger partial charge in [0.05, 0.1) is 12.5 Å². The second-order valence-electron chi connectivity index (χ2n) is 3.22. The van der Waals surface area contributed by atoms with Crippen LogP contribution in [0.1, 0.15) is 16.2 Å². The lowest BCUT2D eigenvalue weighted by molar-refractivity contribution is 0.101. The number of carbonyl (C=O) groups is 1. The number of benzene rings is 1. The van der Waals surface area contributed by atoms with E-state index in [0.29, 0.717) is 12.1 Å². The Bertz CT molecular complexity index is 539. The molecule has 1 heterocycles. The summed E-state index contributed by atoms with van der Waals surface area (Å²) in [4.78, 5) is 11.5. The van der Waals surface area contributed by atoms with Crippen molar-refractivity contribution in [2.75, 3.05) is 5.32 Å². The van der Waals surface area contributed by atoms with Crippen molar-refractivity contribution < 1.29 is 4.79 Å².